The monoisotopic (exact) mass is 375 g/mol. The molecule has 2 aromatic carbocycles. The van der Waals surface area contributed by atoms with Crippen molar-refractivity contribution in [2.24, 2.45) is 0 Å². The average molecular weight is 376 g/mol. The first-order chi connectivity index (χ1) is 10.9. The molecule has 1 N–H and O–H groups in total. The molecule has 120 valence electrons. The van der Waals surface area contributed by atoms with E-state index < -0.39 is 5.97 Å². The first-order valence-corrected chi connectivity index (χ1v) is 7.96. The lowest BCUT2D eigenvalue weighted by Crippen LogP contribution is -2.21. The highest BCUT2D eigenvalue weighted by Crippen LogP contribution is 2.23. The van der Waals surface area contributed by atoms with E-state index in [4.69, 9.17) is 4.74 Å². The number of amides is 1. The van der Waals surface area contributed by atoms with E-state index in [9.17, 15) is 9.59 Å². The van der Waals surface area contributed by atoms with Gasteiger partial charge < -0.3 is 10.1 Å². The van der Waals surface area contributed by atoms with Crippen molar-refractivity contribution in [2.45, 2.75) is 20.8 Å². The smallest absolute Gasteiger partial charge is 0.338 e. The Bertz CT molecular complexity index is 756. The van der Waals surface area contributed by atoms with Crippen LogP contribution in [0.3, 0.4) is 0 Å². The first-order valence-electron chi connectivity index (χ1n) is 7.17. The van der Waals surface area contributed by atoms with E-state index in [-0.39, 0.29) is 12.5 Å². The molecule has 0 heterocycles. The predicted octanol–water partition coefficient (Wildman–Crippen LogP) is 4.17. The van der Waals surface area contributed by atoms with Gasteiger partial charge in [-0.2, -0.15) is 0 Å². The molecular formula is C18H18BrNO3. The molecule has 0 unspecified atom stereocenters. The van der Waals surface area contributed by atoms with Crippen molar-refractivity contribution in [3.63, 3.8) is 0 Å². The van der Waals surface area contributed by atoms with Gasteiger partial charge in [-0.05, 0) is 66.0 Å². The van der Waals surface area contributed by atoms with Gasteiger partial charge in [0.05, 0.1) is 11.3 Å². The largest absolute Gasteiger partial charge is 0.452 e. The van der Waals surface area contributed by atoms with Crippen molar-refractivity contribution in [2.75, 3.05) is 11.9 Å². The van der Waals surface area contributed by atoms with Gasteiger partial charge in [0.15, 0.2) is 6.61 Å². The second-order valence-corrected chi connectivity index (χ2v) is 6.28. The number of nitrogens with one attached hydrogen (secondary N) is 1. The first kappa shape index (κ1) is 17.2. The number of carbonyl (C=O) groups excluding carboxylic acids is 2. The fraction of sp³-hybridized carbons (Fsp3) is 0.222. The Labute approximate surface area is 144 Å². The van der Waals surface area contributed by atoms with Gasteiger partial charge in [-0.3, -0.25) is 4.79 Å². The van der Waals surface area contributed by atoms with Gasteiger partial charge in [0.2, 0.25) is 0 Å². The van der Waals surface area contributed by atoms with Crippen LogP contribution in [0.15, 0.2) is 40.9 Å². The van der Waals surface area contributed by atoms with Gasteiger partial charge >= 0.3 is 5.97 Å². The summed E-state index contributed by atoms with van der Waals surface area (Å²) in [6.07, 6.45) is 0. The molecule has 5 heteroatoms. The number of halogens is 1. The number of esters is 1. The zero-order valence-corrected chi connectivity index (χ0v) is 14.9. The Morgan fingerprint density at radius 2 is 1.70 bits per heavy atom. The van der Waals surface area contributed by atoms with Crippen molar-refractivity contribution < 1.29 is 14.3 Å². The van der Waals surface area contributed by atoms with Crippen LogP contribution in [0, 0.1) is 20.8 Å². The molecular weight excluding hydrogens is 358 g/mol. The molecule has 4 nitrogen and oxygen atoms in total. The summed E-state index contributed by atoms with van der Waals surface area (Å²) in [5.41, 5.74) is 4.09. The van der Waals surface area contributed by atoms with Crippen molar-refractivity contribution in [3.05, 3.63) is 63.1 Å². The van der Waals surface area contributed by atoms with Crippen LogP contribution in [0.5, 0.6) is 0 Å². The Hall–Kier alpha value is -2.14. The molecule has 0 spiro atoms. The van der Waals surface area contributed by atoms with Crippen molar-refractivity contribution in [1.29, 1.82) is 0 Å². The van der Waals surface area contributed by atoms with Crippen LogP contribution in [0.4, 0.5) is 5.69 Å². The number of hydrogen-bond donors (Lipinski definition) is 1. The van der Waals surface area contributed by atoms with E-state index in [1.807, 2.05) is 45.0 Å². The Morgan fingerprint density at radius 1 is 1.04 bits per heavy atom. The lowest BCUT2D eigenvalue weighted by molar-refractivity contribution is -0.119. The maximum Gasteiger partial charge on any atom is 0.338 e. The van der Waals surface area contributed by atoms with Crippen molar-refractivity contribution in [1.82, 2.24) is 0 Å². The van der Waals surface area contributed by atoms with Gasteiger partial charge in [0.25, 0.3) is 5.91 Å². The van der Waals surface area contributed by atoms with Gasteiger partial charge in [-0.25, -0.2) is 4.79 Å². The number of anilines is 1. The minimum Gasteiger partial charge on any atom is -0.452 e. The summed E-state index contributed by atoms with van der Waals surface area (Å²) in [6, 6.07) is 11.0. The molecule has 0 atom stereocenters. The lowest BCUT2D eigenvalue weighted by atomic mass is 10.1. The van der Waals surface area contributed by atoms with Crippen LogP contribution in [0.2, 0.25) is 0 Å². The summed E-state index contributed by atoms with van der Waals surface area (Å²) in [7, 11) is 0. The Kier molecular flexibility index (Phi) is 5.55. The fourth-order valence-electron chi connectivity index (χ4n) is 2.16. The molecule has 0 aliphatic heterocycles. The van der Waals surface area contributed by atoms with Crippen LogP contribution < -0.4 is 5.32 Å². The molecule has 1 amide bonds. The third kappa shape index (κ3) is 4.66. The van der Waals surface area contributed by atoms with Crippen molar-refractivity contribution in [3.8, 4) is 0 Å². The molecule has 0 aliphatic rings. The van der Waals surface area contributed by atoms with Crippen molar-refractivity contribution >= 4 is 33.5 Å². The average Bonchev–Trinajstić information content (AvgIpc) is 2.48. The Balaban J connectivity index is 1.94. The third-order valence-corrected chi connectivity index (χ3v) is 3.99. The summed E-state index contributed by atoms with van der Waals surface area (Å²) in [4.78, 5) is 23.9. The van der Waals surface area contributed by atoms with E-state index in [0.717, 1.165) is 21.2 Å². The molecule has 2 rings (SSSR count). The topological polar surface area (TPSA) is 55.4 Å². The standard InChI is InChI=1S/C18H18BrNO3/c1-11-4-6-14(13(3)8-11)18(22)23-10-17(21)20-16-7-5-12(2)9-15(16)19/h4-9H,10H2,1-3H3,(H,20,21). The number of carbonyl (C=O) groups is 2. The third-order valence-electron chi connectivity index (χ3n) is 3.33. The van der Waals surface area contributed by atoms with Gasteiger partial charge in [0, 0.05) is 4.47 Å². The highest BCUT2D eigenvalue weighted by molar-refractivity contribution is 9.10. The summed E-state index contributed by atoms with van der Waals surface area (Å²) in [5, 5.41) is 2.70. The summed E-state index contributed by atoms with van der Waals surface area (Å²) in [6.45, 7) is 5.43. The van der Waals surface area contributed by atoms with E-state index in [1.165, 1.54) is 0 Å². The van der Waals surface area contributed by atoms with Crippen LogP contribution >= 0.6 is 15.9 Å². The van der Waals surface area contributed by atoms with E-state index in [2.05, 4.69) is 21.2 Å². The zero-order valence-electron chi connectivity index (χ0n) is 13.3. The zero-order chi connectivity index (χ0) is 17.0. The SMILES string of the molecule is Cc1ccc(C(=O)OCC(=O)Nc2ccc(C)cc2Br)c(C)c1. The molecule has 2 aromatic rings. The maximum absolute atomic E-state index is 12.0. The van der Waals surface area contributed by atoms with Crippen LogP contribution in [-0.4, -0.2) is 18.5 Å². The highest BCUT2D eigenvalue weighted by atomic mass is 79.9. The summed E-state index contributed by atoms with van der Waals surface area (Å²) in [5.74, 6) is -0.881. The Morgan fingerprint density at radius 3 is 2.35 bits per heavy atom. The van der Waals surface area contributed by atoms with E-state index in [0.29, 0.717) is 11.3 Å². The second kappa shape index (κ2) is 7.42. The predicted molar refractivity (Wildman–Crippen MR) is 93.7 cm³/mol. The molecule has 0 bridgehead atoms. The van der Waals surface area contributed by atoms with Crippen LogP contribution in [0.25, 0.3) is 0 Å². The lowest BCUT2D eigenvalue weighted by Gasteiger charge is -2.10. The number of aryl methyl sites for hydroxylation is 3. The van der Waals surface area contributed by atoms with E-state index >= 15 is 0 Å². The van der Waals surface area contributed by atoms with Crippen LogP contribution in [-0.2, 0) is 9.53 Å². The van der Waals surface area contributed by atoms with Crippen LogP contribution in [0.1, 0.15) is 27.0 Å². The normalized spacial score (nSPS) is 10.3. The number of rotatable bonds is 4. The fourth-order valence-corrected chi connectivity index (χ4v) is 2.75. The number of ether oxygens (including phenoxy) is 1. The molecule has 0 saturated heterocycles. The number of hydrogen-bond acceptors (Lipinski definition) is 3. The van der Waals surface area contributed by atoms with Gasteiger partial charge in [-0.15, -0.1) is 0 Å². The molecule has 0 aromatic heterocycles. The highest BCUT2D eigenvalue weighted by Gasteiger charge is 2.13. The minimum atomic E-state index is -0.499. The molecule has 0 fully saturated rings. The van der Waals surface area contributed by atoms with Gasteiger partial charge in [0.1, 0.15) is 0 Å². The maximum atomic E-state index is 12.0. The quantitative estimate of drug-likeness (QED) is 0.815. The van der Waals surface area contributed by atoms with E-state index in [1.54, 1.807) is 12.1 Å². The molecule has 0 radical (unpaired) electrons. The van der Waals surface area contributed by atoms with Gasteiger partial charge in [-0.1, -0.05) is 23.8 Å². The molecule has 23 heavy (non-hydrogen) atoms. The summed E-state index contributed by atoms with van der Waals surface area (Å²) < 4.78 is 5.86. The second-order valence-electron chi connectivity index (χ2n) is 5.43. The molecule has 0 saturated carbocycles. The summed E-state index contributed by atoms with van der Waals surface area (Å²) >= 11 is 3.39. The number of benzene rings is 2. The molecule has 0 aliphatic carbocycles. The minimum absolute atomic E-state index is 0.327.